The number of aryl methyl sites for hydroxylation is 3. The number of para-hydroxylation sites is 1. The van der Waals surface area contributed by atoms with Gasteiger partial charge in [0.1, 0.15) is 18.1 Å². The van der Waals surface area contributed by atoms with Gasteiger partial charge in [-0.3, -0.25) is 14.5 Å². The highest BCUT2D eigenvalue weighted by Gasteiger charge is 2.44. The first kappa shape index (κ1) is 19.5. The molecule has 1 fully saturated rings. The maximum Gasteiger partial charge on any atom is 0.258 e. The predicted octanol–water partition coefficient (Wildman–Crippen LogP) is 5.09. The number of hydrogen-bond donors (Lipinski definition) is 0. The van der Waals surface area contributed by atoms with Gasteiger partial charge in [-0.05, 0) is 68.3 Å². The fraction of sp³-hybridized carbons (Fsp3) is 0.217. The molecule has 0 bridgehead atoms. The SMILES string of the molecule is Cc1ccc([C@@H]2C(=O)N(c3c(C)cccc3C)CC(=O)N2c2ccc(Br)cc2)o1. The number of anilines is 2. The molecule has 1 saturated heterocycles. The van der Waals surface area contributed by atoms with Crippen LogP contribution in [0.15, 0.2) is 63.5 Å². The second-order valence-electron chi connectivity index (χ2n) is 7.26. The summed E-state index contributed by atoms with van der Waals surface area (Å²) in [7, 11) is 0. The van der Waals surface area contributed by atoms with Gasteiger partial charge >= 0.3 is 0 Å². The molecule has 0 spiro atoms. The molecule has 1 aliphatic heterocycles. The van der Waals surface area contributed by atoms with E-state index < -0.39 is 6.04 Å². The summed E-state index contributed by atoms with van der Waals surface area (Å²) >= 11 is 3.42. The summed E-state index contributed by atoms with van der Waals surface area (Å²) in [6, 6.07) is 15.9. The minimum atomic E-state index is -0.856. The Labute approximate surface area is 178 Å². The van der Waals surface area contributed by atoms with E-state index in [0.717, 1.165) is 21.3 Å². The van der Waals surface area contributed by atoms with Gasteiger partial charge in [0, 0.05) is 10.2 Å². The molecule has 2 amide bonds. The summed E-state index contributed by atoms with van der Waals surface area (Å²) in [5.74, 6) is 0.813. The minimum Gasteiger partial charge on any atom is -0.464 e. The zero-order chi connectivity index (χ0) is 20.7. The Morgan fingerprint density at radius 1 is 0.931 bits per heavy atom. The van der Waals surface area contributed by atoms with Gasteiger partial charge in [-0.2, -0.15) is 0 Å². The summed E-state index contributed by atoms with van der Waals surface area (Å²) in [6.45, 7) is 5.71. The molecule has 0 unspecified atom stereocenters. The van der Waals surface area contributed by atoms with E-state index in [4.69, 9.17) is 4.42 Å². The highest BCUT2D eigenvalue weighted by molar-refractivity contribution is 9.10. The van der Waals surface area contributed by atoms with Gasteiger partial charge in [-0.25, -0.2) is 0 Å². The number of piperazine rings is 1. The number of hydrogen-bond acceptors (Lipinski definition) is 3. The lowest BCUT2D eigenvalue weighted by Gasteiger charge is -2.40. The first-order valence-electron chi connectivity index (χ1n) is 9.38. The number of furan rings is 1. The van der Waals surface area contributed by atoms with Gasteiger partial charge in [-0.15, -0.1) is 0 Å². The van der Waals surface area contributed by atoms with Crippen molar-refractivity contribution in [1.29, 1.82) is 0 Å². The molecule has 0 saturated carbocycles. The van der Waals surface area contributed by atoms with E-state index in [2.05, 4.69) is 15.9 Å². The lowest BCUT2D eigenvalue weighted by molar-refractivity contribution is -0.129. The lowest BCUT2D eigenvalue weighted by atomic mass is 10.0. The molecule has 1 atom stereocenters. The molecular weight excluding hydrogens is 432 g/mol. The number of nitrogens with zero attached hydrogens (tertiary/aromatic N) is 2. The third-order valence-corrected chi connectivity index (χ3v) is 5.69. The second-order valence-corrected chi connectivity index (χ2v) is 8.17. The molecule has 6 heteroatoms. The topological polar surface area (TPSA) is 53.8 Å². The summed E-state index contributed by atoms with van der Waals surface area (Å²) < 4.78 is 6.71. The number of carbonyl (C=O) groups excluding carboxylic acids is 2. The maximum atomic E-state index is 13.7. The Kier molecular flexibility index (Phi) is 5.04. The van der Waals surface area contributed by atoms with Crippen LogP contribution in [-0.4, -0.2) is 18.4 Å². The Morgan fingerprint density at radius 2 is 1.59 bits per heavy atom. The Morgan fingerprint density at radius 3 is 2.17 bits per heavy atom. The van der Waals surface area contributed by atoms with E-state index >= 15 is 0 Å². The van der Waals surface area contributed by atoms with E-state index in [0.29, 0.717) is 17.2 Å². The summed E-state index contributed by atoms with van der Waals surface area (Å²) in [4.78, 5) is 30.1. The van der Waals surface area contributed by atoms with Crippen LogP contribution in [0.25, 0.3) is 0 Å². The van der Waals surface area contributed by atoms with E-state index in [-0.39, 0.29) is 18.4 Å². The molecule has 2 aromatic carbocycles. The van der Waals surface area contributed by atoms with Crippen molar-refractivity contribution in [3.63, 3.8) is 0 Å². The molecule has 5 nitrogen and oxygen atoms in total. The molecule has 0 radical (unpaired) electrons. The zero-order valence-electron chi connectivity index (χ0n) is 16.5. The maximum absolute atomic E-state index is 13.7. The fourth-order valence-electron chi connectivity index (χ4n) is 3.86. The van der Waals surface area contributed by atoms with Crippen LogP contribution in [0.1, 0.15) is 28.7 Å². The quantitative estimate of drug-likeness (QED) is 0.555. The van der Waals surface area contributed by atoms with Crippen LogP contribution in [-0.2, 0) is 9.59 Å². The monoisotopic (exact) mass is 452 g/mol. The van der Waals surface area contributed by atoms with Gasteiger partial charge in [0.25, 0.3) is 5.91 Å². The summed E-state index contributed by atoms with van der Waals surface area (Å²) in [6.07, 6.45) is 0. The van der Waals surface area contributed by atoms with Crippen molar-refractivity contribution in [2.24, 2.45) is 0 Å². The van der Waals surface area contributed by atoms with E-state index in [1.54, 1.807) is 11.0 Å². The van der Waals surface area contributed by atoms with Gasteiger partial charge in [-0.1, -0.05) is 34.1 Å². The standard InChI is InChI=1S/C23H21BrN2O3/c1-14-5-4-6-15(2)21(14)25-13-20(27)26(18-10-8-17(24)9-11-18)22(23(25)28)19-12-7-16(3)29-19/h4-12,22H,13H2,1-3H3/t22-/m1/s1. The largest absolute Gasteiger partial charge is 0.464 e. The van der Waals surface area contributed by atoms with Crippen LogP contribution in [0.5, 0.6) is 0 Å². The highest BCUT2D eigenvalue weighted by Crippen LogP contribution is 2.37. The first-order chi connectivity index (χ1) is 13.9. The zero-order valence-corrected chi connectivity index (χ0v) is 18.1. The number of benzene rings is 2. The van der Waals surface area contributed by atoms with Crippen molar-refractivity contribution in [3.05, 3.63) is 81.7 Å². The van der Waals surface area contributed by atoms with Crippen molar-refractivity contribution in [2.75, 3.05) is 16.3 Å². The van der Waals surface area contributed by atoms with E-state index in [1.165, 1.54) is 4.90 Å². The van der Waals surface area contributed by atoms with Crippen LogP contribution in [0.2, 0.25) is 0 Å². The molecular formula is C23H21BrN2O3. The van der Waals surface area contributed by atoms with Crippen molar-refractivity contribution >= 4 is 39.1 Å². The van der Waals surface area contributed by atoms with Crippen LogP contribution >= 0.6 is 15.9 Å². The van der Waals surface area contributed by atoms with Crippen molar-refractivity contribution in [2.45, 2.75) is 26.8 Å². The van der Waals surface area contributed by atoms with Crippen molar-refractivity contribution in [1.82, 2.24) is 0 Å². The molecule has 0 aliphatic carbocycles. The van der Waals surface area contributed by atoms with Gasteiger partial charge in [0.05, 0.1) is 5.69 Å². The normalized spacial score (nSPS) is 17.2. The number of halogens is 1. The van der Waals surface area contributed by atoms with E-state index in [9.17, 15) is 9.59 Å². The number of amides is 2. The van der Waals surface area contributed by atoms with Crippen molar-refractivity contribution in [3.8, 4) is 0 Å². The highest BCUT2D eigenvalue weighted by atomic mass is 79.9. The first-order valence-corrected chi connectivity index (χ1v) is 10.2. The Hall–Kier alpha value is -2.86. The number of carbonyl (C=O) groups is 2. The average Bonchev–Trinajstić information content (AvgIpc) is 3.10. The lowest BCUT2D eigenvalue weighted by Crippen LogP contribution is -2.56. The second kappa shape index (κ2) is 7.52. The van der Waals surface area contributed by atoms with Gasteiger partial charge in [0.2, 0.25) is 5.91 Å². The Balaban J connectivity index is 1.84. The van der Waals surface area contributed by atoms with Crippen LogP contribution in [0.3, 0.4) is 0 Å². The third kappa shape index (κ3) is 3.49. The number of rotatable bonds is 3. The van der Waals surface area contributed by atoms with Crippen LogP contribution in [0.4, 0.5) is 11.4 Å². The predicted molar refractivity (Wildman–Crippen MR) is 116 cm³/mol. The molecule has 4 rings (SSSR count). The molecule has 0 N–H and O–H groups in total. The summed E-state index contributed by atoms with van der Waals surface area (Å²) in [5, 5.41) is 0. The average molecular weight is 453 g/mol. The molecule has 2 heterocycles. The van der Waals surface area contributed by atoms with Crippen LogP contribution in [0, 0.1) is 20.8 Å². The molecule has 1 aromatic heterocycles. The van der Waals surface area contributed by atoms with Gasteiger partial charge < -0.3 is 9.32 Å². The Bertz CT molecular complexity index is 1070. The summed E-state index contributed by atoms with van der Waals surface area (Å²) in [5.41, 5.74) is 3.36. The molecule has 1 aliphatic rings. The molecule has 148 valence electrons. The fourth-order valence-corrected chi connectivity index (χ4v) is 4.12. The van der Waals surface area contributed by atoms with Gasteiger partial charge in [0.15, 0.2) is 6.04 Å². The molecule has 3 aromatic rings. The van der Waals surface area contributed by atoms with Crippen LogP contribution < -0.4 is 9.80 Å². The third-order valence-electron chi connectivity index (χ3n) is 5.17. The van der Waals surface area contributed by atoms with Crippen molar-refractivity contribution < 1.29 is 14.0 Å². The van der Waals surface area contributed by atoms with E-state index in [1.807, 2.05) is 69.3 Å². The smallest absolute Gasteiger partial charge is 0.258 e. The molecule has 29 heavy (non-hydrogen) atoms. The minimum absolute atomic E-state index is 0.0171.